The number of carbonyl (C=O) groups is 1. The zero-order valence-corrected chi connectivity index (χ0v) is 12.8. The number of hydrogen-bond acceptors (Lipinski definition) is 1. The quantitative estimate of drug-likeness (QED) is 0.875. The first-order valence-corrected chi connectivity index (χ1v) is 7.18. The lowest BCUT2D eigenvalue weighted by Crippen LogP contribution is -2.47. The Hall–Kier alpha value is -2.29. The van der Waals surface area contributed by atoms with Gasteiger partial charge in [-0.3, -0.25) is 0 Å². The van der Waals surface area contributed by atoms with Crippen molar-refractivity contribution in [3.05, 3.63) is 71.8 Å². The Morgan fingerprint density at radius 1 is 0.952 bits per heavy atom. The number of carbonyl (C=O) groups excluding carboxylic acids is 1. The predicted molar refractivity (Wildman–Crippen MR) is 86.0 cm³/mol. The van der Waals surface area contributed by atoms with E-state index in [1.807, 2.05) is 81.4 Å². The van der Waals surface area contributed by atoms with Crippen LogP contribution in [-0.4, -0.2) is 6.03 Å². The maximum Gasteiger partial charge on any atom is 0.315 e. The zero-order chi connectivity index (χ0) is 15.3. The summed E-state index contributed by atoms with van der Waals surface area (Å²) in [4.78, 5) is 12.2. The van der Waals surface area contributed by atoms with Gasteiger partial charge in [0.25, 0.3) is 0 Å². The predicted octanol–water partition coefficient (Wildman–Crippen LogP) is 3.98. The first kappa shape index (κ1) is 15.1. The molecule has 2 N–H and O–H groups in total. The molecule has 0 spiro atoms. The van der Waals surface area contributed by atoms with E-state index in [2.05, 4.69) is 10.6 Å². The molecule has 0 heterocycles. The number of nitrogens with one attached hydrogen (secondary N) is 2. The Morgan fingerprint density at radius 2 is 1.48 bits per heavy atom. The fraction of sp³-hybridized carbons (Fsp3) is 0.278. The zero-order valence-electron chi connectivity index (χ0n) is 12.8. The SMILES string of the molecule is CC(NC(=O)NC(C)(C)c1ccccc1)c1ccccc1. The van der Waals surface area contributed by atoms with Gasteiger partial charge in [0.05, 0.1) is 11.6 Å². The molecule has 3 heteroatoms. The molecule has 1 unspecified atom stereocenters. The van der Waals surface area contributed by atoms with Crippen LogP contribution in [0.5, 0.6) is 0 Å². The van der Waals surface area contributed by atoms with Crippen LogP contribution in [-0.2, 0) is 5.54 Å². The average molecular weight is 282 g/mol. The Kier molecular flexibility index (Phi) is 4.63. The molecule has 0 saturated heterocycles. The van der Waals surface area contributed by atoms with Crippen LogP contribution < -0.4 is 10.6 Å². The van der Waals surface area contributed by atoms with Gasteiger partial charge in [0.1, 0.15) is 0 Å². The van der Waals surface area contributed by atoms with Crippen molar-refractivity contribution in [2.24, 2.45) is 0 Å². The van der Waals surface area contributed by atoms with Gasteiger partial charge in [-0.15, -0.1) is 0 Å². The van der Waals surface area contributed by atoms with E-state index in [4.69, 9.17) is 0 Å². The fourth-order valence-corrected chi connectivity index (χ4v) is 2.27. The van der Waals surface area contributed by atoms with Crippen molar-refractivity contribution in [2.75, 3.05) is 0 Å². The molecule has 0 aliphatic rings. The van der Waals surface area contributed by atoms with Crippen LogP contribution in [0.25, 0.3) is 0 Å². The monoisotopic (exact) mass is 282 g/mol. The number of hydrogen-bond donors (Lipinski definition) is 2. The molecule has 3 nitrogen and oxygen atoms in total. The van der Waals surface area contributed by atoms with Crippen LogP contribution in [0.1, 0.15) is 37.9 Å². The molecule has 2 aromatic rings. The average Bonchev–Trinajstić information content (AvgIpc) is 2.48. The van der Waals surface area contributed by atoms with Gasteiger partial charge in [-0.1, -0.05) is 60.7 Å². The summed E-state index contributed by atoms with van der Waals surface area (Å²) in [5, 5.41) is 6.00. The van der Waals surface area contributed by atoms with E-state index in [0.717, 1.165) is 11.1 Å². The van der Waals surface area contributed by atoms with Crippen molar-refractivity contribution < 1.29 is 4.79 Å². The summed E-state index contributed by atoms with van der Waals surface area (Å²) in [5.41, 5.74) is 1.75. The van der Waals surface area contributed by atoms with E-state index in [1.54, 1.807) is 0 Å². The molecule has 0 fully saturated rings. The van der Waals surface area contributed by atoms with Crippen LogP contribution in [0.4, 0.5) is 4.79 Å². The molecular weight excluding hydrogens is 260 g/mol. The van der Waals surface area contributed by atoms with Crippen molar-refractivity contribution in [2.45, 2.75) is 32.4 Å². The molecule has 2 amide bonds. The first-order chi connectivity index (χ1) is 9.99. The highest BCUT2D eigenvalue weighted by molar-refractivity contribution is 5.75. The van der Waals surface area contributed by atoms with Crippen molar-refractivity contribution in [3.63, 3.8) is 0 Å². The maximum absolute atomic E-state index is 12.2. The lowest BCUT2D eigenvalue weighted by molar-refractivity contribution is 0.227. The highest BCUT2D eigenvalue weighted by atomic mass is 16.2. The molecule has 110 valence electrons. The van der Waals surface area contributed by atoms with E-state index >= 15 is 0 Å². The summed E-state index contributed by atoms with van der Waals surface area (Å²) >= 11 is 0. The smallest absolute Gasteiger partial charge is 0.315 e. The second kappa shape index (κ2) is 6.44. The summed E-state index contributed by atoms with van der Waals surface area (Å²) in [6, 6.07) is 19.7. The van der Waals surface area contributed by atoms with Crippen LogP contribution in [0, 0.1) is 0 Å². The van der Waals surface area contributed by atoms with Crippen molar-refractivity contribution in [1.29, 1.82) is 0 Å². The molecular formula is C18H22N2O. The normalized spacial score (nSPS) is 12.5. The van der Waals surface area contributed by atoms with E-state index in [9.17, 15) is 4.79 Å². The Labute approximate surface area is 126 Å². The lowest BCUT2D eigenvalue weighted by Gasteiger charge is -2.28. The van der Waals surface area contributed by atoms with Gasteiger partial charge < -0.3 is 10.6 Å². The van der Waals surface area contributed by atoms with Crippen LogP contribution in [0.2, 0.25) is 0 Å². The van der Waals surface area contributed by atoms with Crippen LogP contribution >= 0.6 is 0 Å². The second-order valence-electron chi connectivity index (χ2n) is 5.72. The minimum atomic E-state index is -0.415. The van der Waals surface area contributed by atoms with Crippen LogP contribution in [0.15, 0.2) is 60.7 Å². The topological polar surface area (TPSA) is 41.1 Å². The molecule has 1 atom stereocenters. The van der Waals surface area contributed by atoms with Crippen molar-refractivity contribution >= 4 is 6.03 Å². The number of urea groups is 1. The maximum atomic E-state index is 12.2. The molecule has 0 aliphatic carbocycles. The molecule has 0 aliphatic heterocycles. The van der Waals surface area contributed by atoms with Gasteiger partial charge in [-0.25, -0.2) is 4.79 Å². The Bertz CT molecular complexity index is 579. The van der Waals surface area contributed by atoms with E-state index < -0.39 is 5.54 Å². The summed E-state index contributed by atoms with van der Waals surface area (Å²) < 4.78 is 0. The van der Waals surface area contributed by atoms with E-state index in [-0.39, 0.29) is 12.1 Å². The first-order valence-electron chi connectivity index (χ1n) is 7.18. The third kappa shape index (κ3) is 4.09. The Morgan fingerprint density at radius 3 is 2.05 bits per heavy atom. The van der Waals surface area contributed by atoms with Gasteiger partial charge in [0, 0.05) is 0 Å². The van der Waals surface area contributed by atoms with Gasteiger partial charge in [0.15, 0.2) is 0 Å². The summed E-state index contributed by atoms with van der Waals surface area (Å²) in [7, 11) is 0. The van der Waals surface area contributed by atoms with Gasteiger partial charge in [-0.05, 0) is 31.9 Å². The van der Waals surface area contributed by atoms with Gasteiger partial charge >= 0.3 is 6.03 Å². The van der Waals surface area contributed by atoms with E-state index in [1.165, 1.54) is 0 Å². The fourth-order valence-electron chi connectivity index (χ4n) is 2.27. The molecule has 0 bridgehead atoms. The van der Waals surface area contributed by atoms with Gasteiger partial charge in [-0.2, -0.15) is 0 Å². The third-order valence-corrected chi connectivity index (χ3v) is 3.57. The van der Waals surface area contributed by atoms with Crippen molar-refractivity contribution in [3.8, 4) is 0 Å². The highest BCUT2D eigenvalue weighted by Crippen LogP contribution is 2.19. The third-order valence-electron chi connectivity index (χ3n) is 3.57. The van der Waals surface area contributed by atoms with Crippen molar-refractivity contribution in [1.82, 2.24) is 10.6 Å². The minimum Gasteiger partial charge on any atom is -0.332 e. The molecule has 0 radical (unpaired) electrons. The molecule has 21 heavy (non-hydrogen) atoms. The minimum absolute atomic E-state index is 0.0298. The van der Waals surface area contributed by atoms with Gasteiger partial charge in [0.2, 0.25) is 0 Å². The summed E-state index contributed by atoms with van der Waals surface area (Å²) in [6.45, 7) is 5.97. The van der Waals surface area contributed by atoms with Crippen LogP contribution in [0.3, 0.4) is 0 Å². The Balaban J connectivity index is 1.98. The molecule has 0 aromatic heterocycles. The number of amides is 2. The largest absolute Gasteiger partial charge is 0.332 e. The molecule has 2 rings (SSSR count). The number of benzene rings is 2. The molecule has 2 aromatic carbocycles. The summed E-state index contributed by atoms with van der Waals surface area (Å²) in [6.07, 6.45) is 0. The highest BCUT2D eigenvalue weighted by Gasteiger charge is 2.23. The number of rotatable bonds is 4. The van der Waals surface area contributed by atoms with E-state index in [0.29, 0.717) is 0 Å². The molecule has 0 saturated carbocycles. The lowest BCUT2D eigenvalue weighted by atomic mass is 9.94. The second-order valence-corrected chi connectivity index (χ2v) is 5.72. The standard InChI is InChI=1S/C18H22N2O/c1-14(15-10-6-4-7-11-15)19-17(21)20-18(2,3)16-12-8-5-9-13-16/h4-14H,1-3H3,(H2,19,20,21). The summed E-state index contributed by atoms with van der Waals surface area (Å²) in [5.74, 6) is 0.